The molecule has 0 amide bonds. The first-order chi connectivity index (χ1) is 23.8. The zero-order chi connectivity index (χ0) is 31.6. The van der Waals surface area contributed by atoms with Crippen LogP contribution < -0.4 is 0 Å². The van der Waals surface area contributed by atoms with Crippen molar-refractivity contribution in [3.63, 3.8) is 0 Å². The molecule has 7 aromatic carbocycles. The Labute approximate surface area is 276 Å². The van der Waals surface area contributed by atoms with Gasteiger partial charge in [0.25, 0.3) is 0 Å². The average Bonchev–Trinajstić information content (AvgIpc) is 3.67. The summed E-state index contributed by atoms with van der Waals surface area (Å²) in [5, 5.41) is 7.34. The summed E-state index contributed by atoms with van der Waals surface area (Å²) in [5.41, 5.74) is 10.0. The summed E-state index contributed by atoms with van der Waals surface area (Å²) in [5.74, 6) is 0.654. The van der Waals surface area contributed by atoms with Crippen molar-refractivity contribution in [2.24, 2.45) is 0 Å². The van der Waals surface area contributed by atoms with Gasteiger partial charge in [-0.2, -0.15) is 0 Å². The van der Waals surface area contributed by atoms with Gasteiger partial charge in [0.1, 0.15) is 0 Å². The van der Waals surface area contributed by atoms with Gasteiger partial charge in [0.05, 0.1) is 27.8 Å². The van der Waals surface area contributed by atoms with Gasteiger partial charge >= 0.3 is 0 Å². The molecule has 48 heavy (non-hydrogen) atoms. The highest BCUT2D eigenvalue weighted by Crippen LogP contribution is 2.37. The lowest BCUT2D eigenvalue weighted by molar-refractivity contribution is 0.992. The highest BCUT2D eigenvalue weighted by atomic mass is 15.2. The van der Waals surface area contributed by atoms with Crippen LogP contribution in [0, 0.1) is 0 Å². The van der Waals surface area contributed by atoms with Crippen molar-refractivity contribution in [2.45, 2.75) is 0 Å². The van der Waals surface area contributed by atoms with Crippen molar-refractivity contribution < 1.29 is 0 Å². The van der Waals surface area contributed by atoms with Crippen LogP contribution in [0.5, 0.6) is 0 Å². The van der Waals surface area contributed by atoms with E-state index in [-0.39, 0.29) is 0 Å². The smallest absolute Gasteiger partial charge is 0.235 e. The summed E-state index contributed by atoms with van der Waals surface area (Å²) in [6.45, 7) is 0. The number of benzene rings is 7. The van der Waals surface area contributed by atoms with E-state index in [0.717, 1.165) is 28.0 Å². The molecule has 224 valence electrons. The standard InChI is InChI=1S/C44H28N4/c1-2-12-33-29(10-1)11-9-16-34(33)30-20-22-31(23-21-30)39-26-27-45-44(46-39)48-42-19-8-5-15-37(42)38-28-32(24-25-43(38)48)47-40-17-6-3-13-35(40)36-14-4-7-18-41(36)47/h1-28H. The van der Waals surface area contributed by atoms with Gasteiger partial charge in [-0.15, -0.1) is 0 Å². The molecule has 0 atom stereocenters. The molecule has 10 aromatic rings. The number of nitrogens with zero attached hydrogens (tertiary/aromatic N) is 4. The largest absolute Gasteiger partial charge is 0.309 e. The predicted molar refractivity (Wildman–Crippen MR) is 199 cm³/mol. The topological polar surface area (TPSA) is 35.6 Å². The van der Waals surface area contributed by atoms with Crippen molar-refractivity contribution in [3.8, 4) is 34.0 Å². The van der Waals surface area contributed by atoms with Gasteiger partial charge in [-0.3, -0.25) is 4.57 Å². The highest BCUT2D eigenvalue weighted by molar-refractivity contribution is 6.12. The molecule has 0 saturated heterocycles. The first-order valence-electron chi connectivity index (χ1n) is 16.3. The van der Waals surface area contributed by atoms with E-state index in [1.165, 1.54) is 54.5 Å². The van der Waals surface area contributed by atoms with Crippen LogP contribution in [-0.2, 0) is 0 Å². The van der Waals surface area contributed by atoms with E-state index in [2.05, 4.69) is 167 Å². The molecule has 3 heterocycles. The number of fused-ring (bicyclic) bond motifs is 7. The van der Waals surface area contributed by atoms with Gasteiger partial charge in [-0.25, -0.2) is 9.97 Å². The maximum atomic E-state index is 5.14. The molecule has 0 aliphatic rings. The summed E-state index contributed by atoms with van der Waals surface area (Å²) in [6.07, 6.45) is 1.86. The van der Waals surface area contributed by atoms with Gasteiger partial charge in [0.15, 0.2) is 0 Å². The first-order valence-corrected chi connectivity index (χ1v) is 16.3. The zero-order valence-corrected chi connectivity index (χ0v) is 26.0. The van der Waals surface area contributed by atoms with E-state index in [4.69, 9.17) is 9.97 Å². The lowest BCUT2D eigenvalue weighted by Crippen LogP contribution is -2.02. The Morgan fingerprint density at radius 2 is 0.958 bits per heavy atom. The van der Waals surface area contributed by atoms with Crippen LogP contribution in [0.25, 0.3) is 88.4 Å². The zero-order valence-electron chi connectivity index (χ0n) is 26.0. The third kappa shape index (κ3) is 4.03. The Morgan fingerprint density at radius 3 is 1.69 bits per heavy atom. The average molecular weight is 613 g/mol. The lowest BCUT2D eigenvalue weighted by Gasteiger charge is -2.11. The molecule has 0 bridgehead atoms. The van der Waals surface area contributed by atoms with Crippen LogP contribution in [0.2, 0.25) is 0 Å². The summed E-state index contributed by atoms with van der Waals surface area (Å²) in [4.78, 5) is 9.95. The minimum Gasteiger partial charge on any atom is -0.309 e. The molecular formula is C44H28N4. The van der Waals surface area contributed by atoms with Crippen molar-refractivity contribution in [2.75, 3.05) is 0 Å². The molecule has 0 spiro atoms. The summed E-state index contributed by atoms with van der Waals surface area (Å²) in [6, 6.07) is 58.3. The minimum absolute atomic E-state index is 0.654. The Morgan fingerprint density at radius 1 is 0.396 bits per heavy atom. The Kier molecular flexibility index (Phi) is 5.84. The number of rotatable bonds is 4. The second-order valence-corrected chi connectivity index (χ2v) is 12.3. The molecule has 3 aromatic heterocycles. The third-order valence-electron chi connectivity index (χ3n) is 9.62. The van der Waals surface area contributed by atoms with Gasteiger partial charge in [-0.1, -0.05) is 121 Å². The van der Waals surface area contributed by atoms with Crippen LogP contribution in [0.3, 0.4) is 0 Å². The second-order valence-electron chi connectivity index (χ2n) is 12.3. The van der Waals surface area contributed by atoms with E-state index in [0.29, 0.717) is 5.95 Å². The first kappa shape index (κ1) is 26.7. The Hall–Kier alpha value is -6.52. The fraction of sp³-hybridized carbons (Fsp3) is 0. The fourth-order valence-corrected chi connectivity index (χ4v) is 7.43. The summed E-state index contributed by atoms with van der Waals surface area (Å²) < 4.78 is 4.56. The van der Waals surface area contributed by atoms with Gasteiger partial charge in [-0.05, 0) is 64.4 Å². The van der Waals surface area contributed by atoms with Gasteiger partial charge in [0, 0.05) is 39.0 Å². The van der Waals surface area contributed by atoms with E-state index >= 15 is 0 Å². The van der Waals surface area contributed by atoms with Crippen LogP contribution in [-0.4, -0.2) is 19.1 Å². The Bertz CT molecular complexity index is 2780. The summed E-state index contributed by atoms with van der Waals surface area (Å²) >= 11 is 0. The highest BCUT2D eigenvalue weighted by Gasteiger charge is 2.17. The van der Waals surface area contributed by atoms with E-state index in [1.807, 2.05) is 12.3 Å². The fourth-order valence-electron chi connectivity index (χ4n) is 7.43. The maximum Gasteiger partial charge on any atom is 0.235 e. The van der Waals surface area contributed by atoms with Crippen LogP contribution >= 0.6 is 0 Å². The van der Waals surface area contributed by atoms with Crippen LogP contribution in [0.15, 0.2) is 170 Å². The number of para-hydroxylation sites is 3. The van der Waals surface area contributed by atoms with E-state index < -0.39 is 0 Å². The SMILES string of the molecule is c1ccc2c(-c3ccc(-c4ccnc(-n5c6ccccc6c6cc(-n7c8ccccc8c8ccccc87)ccc65)n4)cc3)cccc2c1. The minimum atomic E-state index is 0.654. The Balaban J connectivity index is 1.10. The van der Waals surface area contributed by atoms with Crippen molar-refractivity contribution in [1.82, 2.24) is 19.1 Å². The van der Waals surface area contributed by atoms with Gasteiger partial charge in [0.2, 0.25) is 5.95 Å². The lowest BCUT2D eigenvalue weighted by atomic mass is 9.97. The van der Waals surface area contributed by atoms with Crippen molar-refractivity contribution in [3.05, 3.63) is 170 Å². The van der Waals surface area contributed by atoms with Crippen LogP contribution in [0.4, 0.5) is 0 Å². The van der Waals surface area contributed by atoms with Crippen molar-refractivity contribution in [1.29, 1.82) is 0 Å². The molecule has 0 radical (unpaired) electrons. The second kappa shape index (κ2) is 10.5. The van der Waals surface area contributed by atoms with Crippen LogP contribution in [0.1, 0.15) is 0 Å². The number of hydrogen-bond donors (Lipinski definition) is 0. The third-order valence-corrected chi connectivity index (χ3v) is 9.62. The van der Waals surface area contributed by atoms with E-state index in [9.17, 15) is 0 Å². The maximum absolute atomic E-state index is 5.14. The summed E-state index contributed by atoms with van der Waals surface area (Å²) in [7, 11) is 0. The molecule has 0 unspecified atom stereocenters. The molecule has 0 fully saturated rings. The molecule has 0 aliphatic heterocycles. The van der Waals surface area contributed by atoms with E-state index in [1.54, 1.807) is 0 Å². The normalized spacial score (nSPS) is 11.8. The quantitative estimate of drug-likeness (QED) is 0.198. The van der Waals surface area contributed by atoms with Crippen molar-refractivity contribution >= 4 is 54.4 Å². The predicted octanol–water partition coefficient (Wildman–Crippen LogP) is 11.2. The molecular weight excluding hydrogens is 585 g/mol. The number of aromatic nitrogens is 4. The molecule has 0 N–H and O–H groups in total. The molecule has 10 rings (SSSR count). The molecule has 4 heteroatoms. The monoisotopic (exact) mass is 612 g/mol. The molecule has 0 saturated carbocycles. The molecule has 0 aliphatic carbocycles. The molecule has 4 nitrogen and oxygen atoms in total. The van der Waals surface area contributed by atoms with Gasteiger partial charge < -0.3 is 4.57 Å². The number of hydrogen-bond acceptors (Lipinski definition) is 2.